The molecule has 6 heteroatoms. The Morgan fingerprint density at radius 1 is 1.23 bits per heavy atom. The quantitative estimate of drug-likeness (QED) is 0.673. The topological polar surface area (TPSA) is 78.4 Å². The number of benzene rings is 1. The molecule has 2 atom stereocenters. The minimum atomic E-state index is -0.615. The van der Waals surface area contributed by atoms with Gasteiger partial charge in [0.1, 0.15) is 5.82 Å². The molecule has 1 aromatic rings. The summed E-state index contributed by atoms with van der Waals surface area (Å²) in [6.45, 7) is 3.98. The molecular formula is C16H21FN2O3. The number of aliphatic hydroxyl groups excluding tert-OH is 1. The van der Waals surface area contributed by atoms with Crippen molar-refractivity contribution < 1.29 is 19.1 Å². The number of halogens is 1. The van der Waals surface area contributed by atoms with Gasteiger partial charge in [-0.25, -0.2) is 4.39 Å². The monoisotopic (exact) mass is 308 g/mol. The summed E-state index contributed by atoms with van der Waals surface area (Å²) in [4.78, 5) is 23.1. The lowest BCUT2D eigenvalue weighted by Gasteiger charge is -2.16. The van der Waals surface area contributed by atoms with Crippen LogP contribution in [-0.2, 0) is 9.59 Å². The lowest BCUT2D eigenvalue weighted by Crippen LogP contribution is -2.34. The van der Waals surface area contributed by atoms with Crippen molar-refractivity contribution in [1.29, 1.82) is 0 Å². The number of carbonyl (C=O) groups excluding carboxylic acids is 2. The molecule has 1 aromatic carbocycles. The summed E-state index contributed by atoms with van der Waals surface area (Å²) in [6, 6.07) is 5.29. The third kappa shape index (κ3) is 6.49. The SMILES string of the molecule is CCC(C)C(O)CNC(=O)/C=C/C(=O)Nc1ccc(F)cc1. The lowest BCUT2D eigenvalue weighted by atomic mass is 10.0. The second-order valence-corrected chi connectivity index (χ2v) is 5.03. The van der Waals surface area contributed by atoms with E-state index >= 15 is 0 Å². The summed E-state index contributed by atoms with van der Waals surface area (Å²) in [7, 11) is 0. The van der Waals surface area contributed by atoms with Crippen LogP contribution in [0.4, 0.5) is 10.1 Å². The molecule has 0 aliphatic carbocycles. The second kappa shape index (κ2) is 8.94. The van der Waals surface area contributed by atoms with Crippen LogP contribution in [0, 0.1) is 11.7 Å². The Balaban J connectivity index is 2.38. The Labute approximate surface area is 129 Å². The van der Waals surface area contributed by atoms with Gasteiger partial charge >= 0.3 is 0 Å². The zero-order valence-corrected chi connectivity index (χ0v) is 12.7. The van der Waals surface area contributed by atoms with Crippen LogP contribution in [0.5, 0.6) is 0 Å². The van der Waals surface area contributed by atoms with Gasteiger partial charge in [0.25, 0.3) is 0 Å². The summed E-state index contributed by atoms with van der Waals surface area (Å²) in [5, 5.41) is 14.7. The number of rotatable bonds is 7. The van der Waals surface area contributed by atoms with Gasteiger partial charge in [-0.15, -0.1) is 0 Å². The summed E-state index contributed by atoms with van der Waals surface area (Å²) in [5.41, 5.74) is 0.434. The Morgan fingerprint density at radius 2 is 1.82 bits per heavy atom. The van der Waals surface area contributed by atoms with E-state index in [0.717, 1.165) is 18.6 Å². The average Bonchev–Trinajstić information content (AvgIpc) is 2.52. The van der Waals surface area contributed by atoms with Crippen LogP contribution in [0.25, 0.3) is 0 Å². The highest BCUT2D eigenvalue weighted by atomic mass is 19.1. The van der Waals surface area contributed by atoms with E-state index in [9.17, 15) is 19.1 Å². The minimum absolute atomic E-state index is 0.0889. The number of amides is 2. The standard InChI is InChI=1S/C16H21FN2O3/c1-3-11(2)14(20)10-18-15(21)8-9-16(22)19-13-6-4-12(17)5-7-13/h4-9,11,14,20H,3,10H2,1-2H3,(H,18,21)(H,19,22)/b9-8+. The van der Waals surface area contributed by atoms with Crippen molar-refractivity contribution in [3.05, 3.63) is 42.2 Å². The van der Waals surface area contributed by atoms with Crippen molar-refractivity contribution >= 4 is 17.5 Å². The minimum Gasteiger partial charge on any atom is -0.391 e. The first-order chi connectivity index (χ1) is 10.4. The van der Waals surface area contributed by atoms with Gasteiger partial charge in [0.2, 0.25) is 11.8 Å². The van der Waals surface area contributed by atoms with Crippen LogP contribution < -0.4 is 10.6 Å². The maximum atomic E-state index is 12.7. The predicted molar refractivity (Wildman–Crippen MR) is 82.6 cm³/mol. The summed E-state index contributed by atoms with van der Waals surface area (Å²) >= 11 is 0. The van der Waals surface area contributed by atoms with E-state index in [1.54, 1.807) is 0 Å². The van der Waals surface area contributed by atoms with E-state index in [4.69, 9.17) is 0 Å². The summed E-state index contributed by atoms with van der Waals surface area (Å²) in [5.74, 6) is -1.26. The van der Waals surface area contributed by atoms with Crippen LogP contribution in [0.15, 0.2) is 36.4 Å². The molecule has 22 heavy (non-hydrogen) atoms. The maximum absolute atomic E-state index is 12.7. The molecule has 120 valence electrons. The van der Waals surface area contributed by atoms with Gasteiger partial charge < -0.3 is 15.7 Å². The molecule has 3 N–H and O–H groups in total. The molecule has 0 radical (unpaired) electrons. The van der Waals surface area contributed by atoms with Crippen LogP contribution in [0.2, 0.25) is 0 Å². The third-order valence-corrected chi connectivity index (χ3v) is 3.28. The van der Waals surface area contributed by atoms with E-state index in [-0.39, 0.29) is 12.5 Å². The van der Waals surface area contributed by atoms with Gasteiger partial charge in [0.15, 0.2) is 0 Å². The largest absolute Gasteiger partial charge is 0.391 e. The Kier molecular flexibility index (Phi) is 7.25. The van der Waals surface area contributed by atoms with Crippen LogP contribution in [0.1, 0.15) is 20.3 Å². The Hall–Kier alpha value is -2.21. The molecule has 1 rings (SSSR count). The highest BCUT2D eigenvalue weighted by molar-refractivity contribution is 6.03. The maximum Gasteiger partial charge on any atom is 0.248 e. The van der Waals surface area contributed by atoms with Crippen LogP contribution in [0.3, 0.4) is 0 Å². The molecule has 0 aliphatic rings. The molecule has 0 spiro atoms. The predicted octanol–water partition coefficient (Wildman–Crippen LogP) is 1.84. The van der Waals surface area contributed by atoms with Crippen molar-refractivity contribution in [3.63, 3.8) is 0 Å². The highest BCUT2D eigenvalue weighted by Gasteiger charge is 2.12. The van der Waals surface area contributed by atoms with Crippen molar-refractivity contribution in [2.75, 3.05) is 11.9 Å². The molecule has 2 unspecified atom stereocenters. The number of anilines is 1. The van der Waals surface area contributed by atoms with E-state index in [1.807, 2.05) is 13.8 Å². The van der Waals surface area contributed by atoms with E-state index in [1.165, 1.54) is 24.3 Å². The van der Waals surface area contributed by atoms with E-state index in [0.29, 0.717) is 5.69 Å². The zero-order chi connectivity index (χ0) is 16.5. The van der Waals surface area contributed by atoms with Gasteiger partial charge in [-0.2, -0.15) is 0 Å². The normalized spacial score (nSPS) is 13.6. The van der Waals surface area contributed by atoms with Gasteiger partial charge in [-0.3, -0.25) is 9.59 Å². The molecule has 0 aromatic heterocycles. The van der Waals surface area contributed by atoms with Crippen molar-refractivity contribution in [3.8, 4) is 0 Å². The number of carbonyl (C=O) groups is 2. The number of hydrogen-bond donors (Lipinski definition) is 3. The van der Waals surface area contributed by atoms with E-state index < -0.39 is 23.7 Å². The smallest absolute Gasteiger partial charge is 0.248 e. The van der Waals surface area contributed by atoms with Crippen LogP contribution >= 0.6 is 0 Å². The second-order valence-electron chi connectivity index (χ2n) is 5.03. The molecule has 0 fully saturated rings. The summed E-state index contributed by atoms with van der Waals surface area (Å²) < 4.78 is 12.7. The molecule has 0 heterocycles. The fourth-order valence-electron chi connectivity index (χ4n) is 1.61. The van der Waals surface area contributed by atoms with Gasteiger partial charge in [0.05, 0.1) is 6.10 Å². The fourth-order valence-corrected chi connectivity index (χ4v) is 1.61. The molecule has 0 saturated carbocycles. The lowest BCUT2D eigenvalue weighted by molar-refractivity contribution is -0.117. The van der Waals surface area contributed by atoms with Crippen molar-refractivity contribution in [2.24, 2.45) is 5.92 Å². The molecule has 0 aliphatic heterocycles. The first-order valence-corrected chi connectivity index (χ1v) is 7.13. The zero-order valence-electron chi connectivity index (χ0n) is 12.7. The van der Waals surface area contributed by atoms with Crippen molar-refractivity contribution in [1.82, 2.24) is 5.32 Å². The number of hydrogen-bond acceptors (Lipinski definition) is 3. The van der Waals surface area contributed by atoms with Gasteiger partial charge in [-0.05, 0) is 30.2 Å². The fraction of sp³-hybridized carbons (Fsp3) is 0.375. The van der Waals surface area contributed by atoms with Crippen molar-refractivity contribution in [2.45, 2.75) is 26.4 Å². The molecule has 5 nitrogen and oxygen atoms in total. The Bertz CT molecular complexity index is 529. The number of aliphatic hydroxyl groups is 1. The van der Waals surface area contributed by atoms with Gasteiger partial charge in [-0.1, -0.05) is 20.3 Å². The molecule has 0 bridgehead atoms. The average molecular weight is 308 g/mol. The molecule has 0 saturated heterocycles. The van der Waals surface area contributed by atoms with E-state index in [2.05, 4.69) is 10.6 Å². The first-order valence-electron chi connectivity index (χ1n) is 7.13. The Morgan fingerprint density at radius 3 is 2.41 bits per heavy atom. The van der Waals surface area contributed by atoms with Crippen LogP contribution in [-0.4, -0.2) is 29.6 Å². The third-order valence-electron chi connectivity index (χ3n) is 3.28. The molecular weight excluding hydrogens is 287 g/mol. The van der Waals surface area contributed by atoms with Gasteiger partial charge in [0, 0.05) is 24.4 Å². The molecule has 2 amide bonds. The number of nitrogens with one attached hydrogen (secondary N) is 2. The highest BCUT2D eigenvalue weighted by Crippen LogP contribution is 2.08. The summed E-state index contributed by atoms with van der Waals surface area (Å²) in [6.07, 6.45) is 2.36. The first kappa shape index (κ1) is 17.8.